The molecule has 1 aromatic carbocycles. The van der Waals surface area contributed by atoms with Crippen molar-refractivity contribution in [1.29, 1.82) is 0 Å². The van der Waals surface area contributed by atoms with Crippen molar-refractivity contribution in [3.63, 3.8) is 0 Å². The van der Waals surface area contributed by atoms with Crippen LogP contribution >= 0.6 is 0 Å². The van der Waals surface area contributed by atoms with Gasteiger partial charge in [0.2, 0.25) is 0 Å². The van der Waals surface area contributed by atoms with E-state index in [1.54, 1.807) is 48.7 Å². The highest BCUT2D eigenvalue weighted by atomic mass is 16.7. The van der Waals surface area contributed by atoms with Crippen LogP contribution in [0.5, 0.6) is 0 Å². The highest BCUT2D eigenvalue weighted by Gasteiger charge is 2.59. The summed E-state index contributed by atoms with van der Waals surface area (Å²) in [5.74, 6) is -2.68. The molecule has 18 atom stereocenters. The minimum Gasteiger partial charge on any atom is -0.459 e. The van der Waals surface area contributed by atoms with Crippen LogP contribution in [0, 0.1) is 17.8 Å². The van der Waals surface area contributed by atoms with Crippen LogP contribution in [0.15, 0.2) is 35.3 Å². The Morgan fingerprint density at radius 2 is 1.66 bits per heavy atom. The van der Waals surface area contributed by atoms with Crippen molar-refractivity contribution in [2.24, 2.45) is 22.7 Å². The number of esters is 1. The fourth-order valence-corrected chi connectivity index (χ4v) is 10.3. The van der Waals surface area contributed by atoms with E-state index in [1.807, 2.05) is 63.1 Å². The number of carbonyl (C=O) groups is 1. The van der Waals surface area contributed by atoms with Gasteiger partial charge in [0.1, 0.15) is 29.0 Å². The van der Waals surface area contributed by atoms with Crippen LogP contribution in [0.4, 0.5) is 5.69 Å². The molecule has 0 saturated carbocycles. The minimum atomic E-state index is -1.83. The normalized spacial score (nSPS) is 44.7. The number of nitrogens with one attached hydrogen (secondary N) is 2. The number of rotatable bonds is 12. The maximum atomic E-state index is 14.5. The Morgan fingerprint density at radius 1 is 0.969 bits per heavy atom. The van der Waals surface area contributed by atoms with Crippen LogP contribution in [-0.2, 0) is 42.7 Å². The molecule has 0 aromatic heterocycles. The van der Waals surface area contributed by atoms with Gasteiger partial charge in [-0.1, -0.05) is 39.0 Å². The highest BCUT2D eigenvalue weighted by Crippen LogP contribution is 2.44. The van der Waals surface area contributed by atoms with Crippen LogP contribution in [0.1, 0.15) is 94.9 Å². The molecule has 1 aromatic rings. The van der Waals surface area contributed by atoms with Gasteiger partial charge in [-0.05, 0) is 92.3 Å². The Kier molecular flexibility index (Phi) is 17.7. The summed E-state index contributed by atoms with van der Waals surface area (Å²) in [4.78, 5) is 21.3. The third-order valence-electron chi connectivity index (χ3n) is 14.4. The molecule has 0 unspecified atom stereocenters. The average molecular weight is 909 g/mol. The molecule has 6 N–H and O–H groups in total. The number of fused-ring (bicyclic) bond motifs is 1. The lowest BCUT2D eigenvalue weighted by molar-refractivity contribution is -0.335. The Morgan fingerprint density at radius 3 is 2.30 bits per heavy atom. The van der Waals surface area contributed by atoms with Crippen LogP contribution in [0.2, 0.25) is 0 Å². The summed E-state index contributed by atoms with van der Waals surface area (Å²) in [6.45, 7) is 19.2. The van der Waals surface area contributed by atoms with Crippen LogP contribution in [-0.4, -0.2) is 175 Å². The fourth-order valence-electron chi connectivity index (χ4n) is 10.3. The van der Waals surface area contributed by atoms with Crippen molar-refractivity contribution in [2.75, 3.05) is 47.5 Å². The first-order valence-corrected chi connectivity index (χ1v) is 23.2. The quantitative estimate of drug-likeness (QED) is 0.131. The van der Waals surface area contributed by atoms with Gasteiger partial charge in [-0.2, -0.15) is 4.99 Å². The molecule has 0 aliphatic carbocycles. The molecule has 64 heavy (non-hydrogen) atoms. The maximum absolute atomic E-state index is 14.5. The van der Waals surface area contributed by atoms with Crippen molar-refractivity contribution in [3.8, 4) is 0 Å². The molecule has 0 amide bonds. The molecule has 5 rings (SSSR count). The van der Waals surface area contributed by atoms with E-state index in [4.69, 9.17) is 42.9 Å². The number of benzene rings is 1. The average Bonchev–Trinajstić information content (AvgIpc) is 3.55. The molecule has 0 radical (unpaired) electrons. The molecule has 17 heteroatoms. The summed E-state index contributed by atoms with van der Waals surface area (Å²) < 4.78 is 51.0. The van der Waals surface area contributed by atoms with E-state index < -0.39 is 95.5 Å². The number of nitrogens with zero attached hydrogens (tertiary/aromatic N) is 2. The Labute approximate surface area is 380 Å². The molecule has 4 aliphatic heterocycles. The summed E-state index contributed by atoms with van der Waals surface area (Å²) >= 11 is 0. The molecule has 4 saturated heterocycles. The molecule has 4 aliphatic rings. The predicted octanol–water partition coefficient (Wildman–Crippen LogP) is 3.26. The van der Waals surface area contributed by atoms with Gasteiger partial charge in [-0.15, -0.1) is 0 Å². The SMILES string of the molecule is CC[C@H]1OC(=O)[C@H](C)[C@@H](O[C@H]2C[C@@](C)(OC)[C@](O)(CNCCOC)[C@H](C)O2)[C@H](C)[C@@H](O[C@@H]2O[C@H](C)C[C@H]3[C@H]2OC(=Nc2ccccc2)N3C)[C@](C)(O)C[C@@H](C)CN[C@H](C)[C@@H](O)[C@]1(C)O. The molecule has 366 valence electrons. The number of ether oxygens (including phenoxy) is 8. The van der Waals surface area contributed by atoms with Gasteiger partial charge in [0.05, 0.1) is 54.3 Å². The molecule has 0 spiro atoms. The van der Waals surface area contributed by atoms with Crippen molar-refractivity contribution < 1.29 is 63.1 Å². The first-order valence-electron chi connectivity index (χ1n) is 23.2. The summed E-state index contributed by atoms with van der Waals surface area (Å²) in [5, 5.41) is 54.9. The van der Waals surface area contributed by atoms with E-state index in [2.05, 4.69) is 10.6 Å². The van der Waals surface area contributed by atoms with Crippen molar-refractivity contribution in [1.82, 2.24) is 15.5 Å². The summed E-state index contributed by atoms with van der Waals surface area (Å²) in [6, 6.07) is 9.19. The number of aliphatic hydroxyl groups is 4. The lowest BCUT2D eigenvalue weighted by Gasteiger charge is -2.53. The second-order valence-electron chi connectivity index (χ2n) is 19.7. The number of likely N-dealkylation sites (N-methyl/N-ethyl adjacent to an activating group) is 1. The largest absolute Gasteiger partial charge is 0.459 e. The Hall–Kier alpha value is -2.52. The monoisotopic (exact) mass is 909 g/mol. The van der Waals surface area contributed by atoms with E-state index in [0.717, 1.165) is 5.69 Å². The standard InChI is InChI=1S/C47H80N4O13/c1-14-35-46(10,55)39(52)31(6)49-25-27(2)23-44(8,54)40(64-42-38-34(22-28(3)59-42)51(11)43(63-38)50-33-18-16-15-17-19-33)29(4)37(30(5)41(53)61-35)62-36-24-45(9,58-13)47(56,32(7)60-36)26-48-20-21-57-12/h15-19,27-32,34-40,42,48-49,52,54-56H,14,20-26H2,1-13H3/t27-,28-,29+,30-,31-,32+,34+,35-,36+,37+,38-,39-,40-,42+,44-,45-,46-,47+/m1/s1. The minimum absolute atomic E-state index is 0.0684. The van der Waals surface area contributed by atoms with Crippen LogP contribution < -0.4 is 10.6 Å². The zero-order valence-corrected chi connectivity index (χ0v) is 40.5. The number of amidine groups is 1. The number of hydrogen-bond donors (Lipinski definition) is 6. The van der Waals surface area contributed by atoms with E-state index in [0.29, 0.717) is 32.1 Å². The first kappa shape index (κ1) is 52.4. The van der Waals surface area contributed by atoms with E-state index in [9.17, 15) is 25.2 Å². The molecule has 4 fully saturated rings. The van der Waals surface area contributed by atoms with Gasteiger partial charge in [-0.25, -0.2) is 0 Å². The molecular formula is C47H80N4O13. The van der Waals surface area contributed by atoms with Gasteiger partial charge in [0.15, 0.2) is 18.7 Å². The molecular weight excluding hydrogens is 829 g/mol. The number of carbonyl (C=O) groups excluding carboxylic acids is 1. The zero-order valence-electron chi connectivity index (χ0n) is 40.5. The van der Waals surface area contributed by atoms with Crippen molar-refractivity contribution in [3.05, 3.63) is 30.3 Å². The fraction of sp³-hybridized carbons (Fsp3) is 0.830. The Balaban J connectivity index is 1.56. The summed E-state index contributed by atoms with van der Waals surface area (Å²) in [6.07, 6.45) is -7.05. The number of methoxy groups -OCH3 is 2. The third-order valence-corrected chi connectivity index (χ3v) is 14.4. The number of aliphatic imine (C=N–C) groups is 1. The zero-order chi connectivity index (χ0) is 47.4. The van der Waals surface area contributed by atoms with Gasteiger partial charge >= 0.3 is 5.97 Å². The van der Waals surface area contributed by atoms with Gasteiger partial charge in [-0.3, -0.25) is 4.79 Å². The summed E-state index contributed by atoms with van der Waals surface area (Å²) in [5.41, 5.74) is -5.35. The predicted molar refractivity (Wildman–Crippen MR) is 240 cm³/mol. The molecule has 17 nitrogen and oxygen atoms in total. The second kappa shape index (κ2) is 21.6. The van der Waals surface area contributed by atoms with Crippen LogP contribution in [0.3, 0.4) is 0 Å². The van der Waals surface area contributed by atoms with Crippen molar-refractivity contribution >= 4 is 17.7 Å². The van der Waals surface area contributed by atoms with E-state index in [-0.39, 0.29) is 43.9 Å². The molecule has 0 bridgehead atoms. The number of hydrogen-bond acceptors (Lipinski definition) is 16. The highest BCUT2D eigenvalue weighted by molar-refractivity contribution is 5.79. The second-order valence-corrected chi connectivity index (χ2v) is 19.7. The smallest absolute Gasteiger partial charge is 0.311 e. The number of cyclic esters (lactones) is 1. The number of aliphatic hydroxyl groups excluding tert-OH is 1. The van der Waals surface area contributed by atoms with Crippen LogP contribution in [0.25, 0.3) is 0 Å². The van der Waals surface area contributed by atoms with Gasteiger partial charge < -0.3 is 73.9 Å². The van der Waals surface area contributed by atoms with E-state index >= 15 is 0 Å². The Bertz CT molecular complexity index is 1670. The molecule has 4 heterocycles. The van der Waals surface area contributed by atoms with Crippen molar-refractivity contribution in [2.45, 2.75) is 185 Å². The first-order chi connectivity index (χ1) is 30.0. The lowest BCUT2D eigenvalue weighted by Crippen LogP contribution is -2.70. The van der Waals surface area contributed by atoms with Gasteiger partial charge in [0, 0.05) is 52.7 Å². The summed E-state index contributed by atoms with van der Waals surface area (Å²) in [7, 11) is 5.07. The third kappa shape index (κ3) is 11.4. The van der Waals surface area contributed by atoms with E-state index in [1.165, 1.54) is 14.0 Å². The van der Waals surface area contributed by atoms with Gasteiger partial charge in [0.25, 0.3) is 6.02 Å². The number of para-hydroxylation sites is 1. The lowest BCUT2D eigenvalue weighted by atomic mass is 9.75. The topological polar surface area (TPSA) is 211 Å². The maximum Gasteiger partial charge on any atom is 0.311 e.